The van der Waals surface area contributed by atoms with E-state index in [0.29, 0.717) is 11.6 Å². The summed E-state index contributed by atoms with van der Waals surface area (Å²) in [6.07, 6.45) is 4.77. The van der Waals surface area contributed by atoms with Gasteiger partial charge in [0.05, 0.1) is 5.02 Å². The number of para-hydroxylation sites is 1. The molecule has 2 N–H and O–H groups in total. The smallest absolute Gasteiger partial charge is 0.141 e. The summed E-state index contributed by atoms with van der Waals surface area (Å²) in [4.78, 5) is 2.46. The fourth-order valence-electron chi connectivity index (χ4n) is 2.68. The molecular weight excluding hydrogens is 272 g/mol. The first kappa shape index (κ1) is 15.6. The standard InChI is InChI=1S/C16H25ClN2O/c1-13(18)12-14-6-5-7-15(17)16(14)20-11-10-19-8-3-2-4-9-19/h5-7,13H,2-4,8-12,18H2,1H3. The lowest BCUT2D eigenvalue weighted by atomic mass is 10.1. The molecule has 0 spiro atoms. The van der Waals surface area contributed by atoms with E-state index in [1.54, 1.807) is 0 Å². The number of hydrogen-bond donors (Lipinski definition) is 1. The molecule has 1 unspecified atom stereocenters. The second kappa shape index (κ2) is 7.87. The predicted molar refractivity (Wildman–Crippen MR) is 84.6 cm³/mol. The van der Waals surface area contributed by atoms with E-state index in [-0.39, 0.29) is 6.04 Å². The molecule has 20 heavy (non-hydrogen) atoms. The highest BCUT2D eigenvalue weighted by atomic mass is 35.5. The van der Waals surface area contributed by atoms with Crippen LogP contribution in [0.4, 0.5) is 0 Å². The third kappa shape index (κ3) is 4.65. The minimum Gasteiger partial charge on any atom is -0.490 e. The van der Waals surface area contributed by atoms with Gasteiger partial charge in [-0.3, -0.25) is 4.90 Å². The predicted octanol–water partition coefficient (Wildman–Crippen LogP) is 3.09. The SMILES string of the molecule is CC(N)Cc1cccc(Cl)c1OCCN1CCCCC1. The largest absolute Gasteiger partial charge is 0.490 e. The first-order valence-corrected chi connectivity index (χ1v) is 7.92. The molecule has 1 aliphatic rings. The minimum atomic E-state index is 0.109. The molecule has 1 saturated heterocycles. The zero-order chi connectivity index (χ0) is 14.4. The van der Waals surface area contributed by atoms with Crippen molar-refractivity contribution in [1.82, 2.24) is 4.90 Å². The van der Waals surface area contributed by atoms with Gasteiger partial charge < -0.3 is 10.5 Å². The zero-order valence-electron chi connectivity index (χ0n) is 12.3. The molecule has 112 valence electrons. The van der Waals surface area contributed by atoms with Gasteiger partial charge in [0.25, 0.3) is 0 Å². The number of hydrogen-bond acceptors (Lipinski definition) is 3. The molecular formula is C16H25ClN2O. The van der Waals surface area contributed by atoms with Crippen LogP contribution >= 0.6 is 11.6 Å². The Hall–Kier alpha value is -0.770. The van der Waals surface area contributed by atoms with E-state index >= 15 is 0 Å². The van der Waals surface area contributed by atoms with E-state index in [9.17, 15) is 0 Å². The van der Waals surface area contributed by atoms with Crippen molar-refractivity contribution in [1.29, 1.82) is 0 Å². The normalized spacial score (nSPS) is 17.9. The molecule has 0 aliphatic carbocycles. The summed E-state index contributed by atoms with van der Waals surface area (Å²) in [6.45, 7) is 6.05. The molecule has 1 aromatic carbocycles. The number of rotatable bonds is 6. The fraction of sp³-hybridized carbons (Fsp3) is 0.625. The van der Waals surface area contributed by atoms with Crippen molar-refractivity contribution in [2.24, 2.45) is 5.73 Å². The molecule has 4 heteroatoms. The molecule has 0 bridgehead atoms. The van der Waals surface area contributed by atoms with Crippen LogP contribution in [0.3, 0.4) is 0 Å². The van der Waals surface area contributed by atoms with Gasteiger partial charge in [-0.05, 0) is 50.9 Å². The Morgan fingerprint density at radius 2 is 2.05 bits per heavy atom. The lowest BCUT2D eigenvalue weighted by Gasteiger charge is -2.26. The Kier molecular flexibility index (Phi) is 6.14. The molecule has 3 nitrogen and oxygen atoms in total. The summed E-state index contributed by atoms with van der Waals surface area (Å²) in [6, 6.07) is 5.99. The van der Waals surface area contributed by atoms with Crippen LogP contribution in [0.2, 0.25) is 5.02 Å². The van der Waals surface area contributed by atoms with Crippen LogP contribution in [0.5, 0.6) is 5.75 Å². The molecule has 1 aromatic rings. The van der Waals surface area contributed by atoms with Gasteiger partial charge in [-0.2, -0.15) is 0 Å². The van der Waals surface area contributed by atoms with Crippen molar-refractivity contribution in [2.45, 2.75) is 38.6 Å². The van der Waals surface area contributed by atoms with Gasteiger partial charge in [0, 0.05) is 12.6 Å². The Balaban J connectivity index is 1.90. The monoisotopic (exact) mass is 296 g/mol. The summed E-state index contributed by atoms with van der Waals surface area (Å²) >= 11 is 6.25. The average Bonchev–Trinajstić information content (AvgIpc) is 2.42. The zero-order valence-corrected chi connectivity index (χ0v) is 13.0. The molecule has 1 atom stereocenters. The number of likely N-dealkylation sites (tertiary alicyclic amines) is 1. The van der Waals surface area contributed by atoms with Gasteiger partial charge in [0.15, 0.2) is 0 Å². The lowest BCUT2D eigenvalue weighted by Crippen LogP contribution is -2.33. The summed E-state index contributed by atoms with van der Waals surface area (Å²) in [7, 11) is 0. The van der Waals surface area contributed by atoms with Gasteiger partial charge in [-0.1, -0.05) is 30.2 Å². The summed E-state index contributed by atoms with van der Waals surface area (Å²) < 4.78 is 5.94. The van der Waals surface area contributed by atoms with Crippen molar-refractivity contribution >= 4 is 11.6 Å². The Morgan fingerprint density at radius 3 is 2.75 bits per heavy atom. The van der Waals surface area contributed by atoms with E-state index < -0.39 is 0 Å². The van der Waals surface area contributed by atoms with Gasteiger partial charge in [0.1, 0.15) is 12.4 Å². The molecule has 1 fully saturated rings. The molecule has 2 rings (SSSR count). The van der Waals surface area contributed by atoms with Gasteiger partial charge in [-0.15, -0.1) is 0 Å². The first-order chi connectivity index (χ1) is 9.66. The van der Waals surface area contributed by atoms with Gasteiger partial charge in [0.2, 0.25) is 0 Å². The maximum Gasteiger partial charge on any atom is 0.141 e. The van der Waals surface area contributed by atoms with Crippen LogP contribution in [-0.2, 0) is 6.42 Å². The van der Waals surface area contributed by atoms with Crippen LogP contribution < -0.4 is 10.5 Å². The topological polar surface area (TPSA) is 38.5 Å². The van der Waals surface area contributed by atoms with Crippen LogP contribution in [0.1, 0.15) is 31.7 Å². The van der Waals surface area contributed by atoms with Crippen molar-refractivity contribution in [3.05, 3.63) is 28.8 Å². The van der Waals surface area contributed by atoms with Crippen LogP contribution in [0.15, 0.2) is 18.2 Å². The molecule has 1 heterocycles. The summed E-state index contributed by atoms with van der Waals surface area (Å²) in [5, 5.41) is 0.682. The number of nitrogens with two attached hydrogens (primary N) is 1. The van der Waals surface area contributed by atoms with Crippen molar-refractivity contribution in [2.75, 3.05) is 26.2 Å². The van der Waals surface area contributed by atoms with Crippen LogP contribution in [-0.4, -0.2) is 37.2 Å². The van der Waals surface area contributed by atoms with Crippen molar-refractivity contribution < 1.29 is 4.74 Å². The first-order valence-electron chi connectivity index (χ1n) is 7.55. The molecule has 0 radical (unpaired) electrons. The van der Waals surface area contributed by atoms with Crippen LogP contribution in [0, 0.1) is 0 Å². The maximum atomic E-state index is 6.25. The quantitative estimate of drug-likeness (QED) is 0.877. The summed E-state index contributed by atoms with van der Waals surface area (Å²) in [5.74, 6) is 0.809. The second-order valence-electron chi connectivity index (χ2n) is 5.66. The molecule has 1 aliphatic heterocycles. The highest BCUT2D eigenvalue weighted by Gasteiger charge is 2.12. The Bertz CT molecular complexity index is 417. The van der Waals surface area contributed by atoms with Crippen molar-refractivity contribution in [3.63, 3.8) is 0 Å². The number of ether oxygens (including phenoxy) is 1. The average molecular weight is 297 g/mol. The highest BCUT2D eigenvalue weighted by molar-refractivity contribution is 6.32. The van der Waals surface area contributed by atoms with Crippen molar-refractivity contribution in [3.8, 4) is 5.75 Å². The lowest BCUT2D eigenvalue weighted by molar-refractivity contribution is 0.182. The second-order valence-corrected chi connectivity index (χ2v) is 6.07. The summed E-state index contributed by atoms with van der Waals surface area (Å²) in [5.41, 5.74) is 6.99. The molecule has 0 aromatic heterocycles. The van der Waals surface area contributed by atoms with Gasteiger partial charge >= 0.3 is 0 Å². The highest BCUT2D eigenvalue weighted by Crippen LogP contribution is 2.29. The number of benzene rings is 1. The molecule has 0 amide bonds. The van der Waals surface area contributed by atoms with E-state index in [2.05, 4.69) is 4.90 Å². The number of halogens is 1. The molecule has 0 saturated carbocycles. The third-order valence-corrected chi connectivity index (χ3v) is 3.99. The van der Waals surface area contributed by atoms with E-state index in [0.717, 1.165) is 24.3 Å². The fourth-order valence-corrected chi connectivity index (χ4v) is 2.93. The Morgan fingerprint density at radius 1 is 1.30 bits per heavy atom. The third-order valence-electron chi connectivity index (χ3n) is 3.69. The van der Waals surface area contributed by atoms with Crippen LogP contribution in [0.25, 0.3) is 0 Å². The minimum absolute atomic E-state index is 0.109. The number of nitrogens with zero attached hydrogens (tertiary/aromatic N) is 1. The van der Waals surface area contributed by atoms with E-state index in [1.165, 1.54) is 32.4 Å². The maximum absolute atomic E-state index is 6.25. The van der Waals surface area contributed by atoms with E-state index in [1.807, 2.05) is 25.1 Å². The van der Waals surface area contributed by atoms with E-state index in [4.69, 9.17) is 22.1 Å². The Labute approximate surface area is 127 Å². The van der Waals surface area contributed by atoms with Gasteiger partial charge in [-0.25, -0.2) is 0 Å². The number of piperidine rings is 1.